The third-order valence-electron chi connectivity index (χ3n) is 2.96. The number of rotatable bonds is 4. The highest BCUT2D eigenvalue weighted by atomic mass is 79.9. The van der Waals surface area contributed by atoms with Crippen molar-refractivity contribution in [1.82, 2.24) is 5.43 Å². The summed E-state index contributed by atoms with van der Waals surface area (Å²) in [4.78, 5) is 0. The van der Waals surface area contributed by atoms with Crippen molar-refractivity contribution >= 4 is 27.5 Å². The molecule has 2 aromatic carbocycles. The lowest BCUT2D eigenvalue weighted by Gasteiger charge is -2.20. The highest BCUT2D eigenvalue weighted by Crippen LogP contribution is 2.33. The maximum Gasteiger partial charge on any atom is 0.170 e. The second kappa shape index (κ2) is 6.54. The van der Waals surface area contributed by atoms with Gasteiger partial charge < -0.3 is 4.74 Å². The van der Waals surface area contributed by atoms with Crippen LogP contribution in [0.2, 0.25) is 5.02 Å². The molecule has 1 unspecified atom stereocenters. The molecule has 0 aromatic heterocycles. The van der Waals surface area contributed by atoms with Crippen molar-refractivity contribution in [1.29, 1.82) is 0 Å². The van der Waals surface area contributed by atoms with Gasteiger partial charge in [0, 0.05) is 15.1 Å². The summed E-state index contributed by atoms with van der Waals surface area (Å²) >= 11 is 9.53. The summed E-state index contributed by atoms with van der Waals surface area (Å²) in [6.45, 7) is 0. The van der Waals surface area contributed by atoms with Crippen LogP contribution in [0.3, 0.4) is 0 Å². The van der Waals surface area contributed by atoms with Crippen LogP contribution in [0.5, 0.6) is 5.75 Å². The summed E-state index contributed by atoms with van der Waals surface area (Å²) in [7, 11) is 1.42. The third kappa shape index (κ3) is 2.96. The maximum atomic E-state index is 14.3. The lowest BCUT2D eigenvalue weighted by molar-refractivity contribution is 0.381. The maximum absolute atomic E-state index is 14.3. The van der Waals surface area contributed by atoms with Crippen LogP contribution < -0.4 is 16.0 Å². The van der Waals surface area contributed by atoms with Crippen LogP contribution in [-0.2, 0) is 0 Å². The summed E-state index contributed by atoms with van der Waals surface area (Å²) < 4.78 is 20.2. The van der Waals surface area contributed by atoms with Crippen molar-refractivity contribution < 1.29 is 9.13 Å². The highest BCUT2D eigenvalue weighted by Gasteiger charge is 2.21. The molecule has 0 amide bonds. The van der Waals surface area contributed by atoms with Gasteiger partial charge in [0.2, 0.25) is 0 Å². The average molecular weight is 360 g/mol. The predicted octanol–water partition coefficient (Wildman–Crippen LogP) is 3.80. The smallest absolute Gasteiger partial charge is 0.170 e. The molecule has 106 valence electrons. The predicted molar refractivity (Wildman–Crippen MR) is 81.3 cm³/mol. The molecule has 0 bridgehead atoms. The van der Waals surface area contributed by atoms with E-state index in [1.54, 1.807) is 30.3 Å². The van der Waals surface area contributed by atoms with Crippen LogP contribution in [0.4, 0.5) is 4.39 Å². The Kier molecular flexibility index (Phi) is 4.99. The summed E-state index contributed by atoms with van der Waals surface area (Å²) in [5, 5.41) is 0.490. The van der Waals surface area contributed by atoms with E-state index in [9.17, 15) is 4.39 Å². The number of hydrogen-bond acceptors (Lipinski definition) is 3. The number of benzene rings is 2. The van der Waals surface area contributed by atoms with E-state index in [2.05, 4.69) is 21.4 Å². The van der Waals surface area contributed by atoms with E-state index < -0.39 is 11.9 Å². The fourth-order valence-corrected chi connectivity index (χ4v) is 2.77. The Morgan fingerprint density at radius 1 is 1.30 bits per heavy atom. The number of hydrogen-bond donors (Lipinski definition) is 2. The number of nitrogens with one attached hydrogen (secondary N) is 1. The summed E-state index contributed by atoms with van der Waals surface area (Å²) in [6.07, 6.45) is 0. The van der Waals surface area contributed by atoms with Gasteiger partial charge in [-0.2, -0.15) is 0 Å². The molecule has 0 radical (unpaired) electrons. The molecule has 3 nitrogen and oxygen atoms in total. The molecule has 0 saturated heterocycles. The minimum Gasteiger partial charge on any atom is -0.494 e. The SMILES string of the molecule is COc1cccc(C(NN)c2ccc(Br)cc2Cl)c1F. The van der Waals surface area contributed by atoms with Crippen LogP contribution in [-0.4, -0.2) is 7.11 Å². The quantitative estimate of drug-likeness (QED) is 0.645. The van der Waals surface area contributed by atoms with Crippen LogP contribution in [0.25, 0.3) is 0 Å². The number of ether oxygens (including phenoxy) is 1. The van der Waals surface area contributed by atoms with Gasteiger partial charge in [0.15, 0.2) is 11.6 Å². The van der Waals surface area contributed by atoms with E-state index >= 15 is 0 Å². The van der Waals surface area contributed by atoms with Crippen LogP contribution in [0.15, 0.2) is 40.9 Å². The van der Waals surface area contributed by atoms with Crippen molar-refractivity contribution in [3.05, 3.63) is 62.8 Å². The molecule has 2 aromatic rings. The van der Waals surface area contributed by atoms with Crippen molar-refractivity contribution in [2.45, 2.75) is 6.04 Å². The second-order valence-electron chi connectivity index (χ2n) is 4.13. The Morgan fingerprint density at radius 2 is 2.05 bits per heavy atom. The van der Waals surface area contributed by atoms with Gasteiger partial charge in [-0.05, 0) is 23.8 Å². The normalized spacial score (nSPS) is 12.2. The summed E-state index contributed by atoms with van der Waals surface area (Å²) in [6, 6.07) is 9.68. The standard InChI is InChI=1S/C14H13BrClFN2O/c1-20-12-4-2-3-10(13(12)17)14(19-18)9-6-5-8(15)7-11(9)16/h2-7,14,19H,18H2,1H3. The first-order valence-corrected chi connectivity index (χ1v) is 6.99. The molecule has 3 N–H and O–H groups in total. The number of halogens is 3. The van der Waals surface area contributed by atoms with Crippen LogP contribution in [0.1, 0.15) is 17.2 Å². The van der Waals surface area contributed by atoms with Crippen molar-refractivity contribution in [3.63, 3.8) is 0 Å². The van der Waals surface area contributed by atoms with Crippen molar-refractivity contribution in [3.8, 4) is 5.75 Å². The topological polar surface area (TPSA) is 47.3 Å². The third-order valence-corrected chi connectivity index (χ3v) is 3.78. The molecule has 0 aliphatic carbocycles. The Balaban J connectivity index is 2.52. The second-order valence-corrected chi connectivity index (χ2v) is 5.45. The largest absolute Gasteiger partial charge is 0.494 e. The van der Waals surface area contributed by atoms with Crippen molar-refractivity contribution in [2.24, 2.45) is 5.84 Å². The Morgan fingerprint density at radius 3 is 2.65 bits per heavy atom. The first-order chi connectivity index (χ1) is 9.58. The Hall–Kier alpha value is -1.14. The molecule has 6 heteroatoms. The zero-order chi connectivity index (χ0) is 14.7. The first-order valence-electron chi connectivity index (χ1n) is 5.82. The lowest BCUT2D eigenvalue weighted by atomic mass is 9.98. The fraction of sp³-hybridized carbons (Fsp3) is 0.143. The monoisotopic (exact) mass is 358 g/mol. The molecule has 20 heavy (non-hydrogen) atoms. The molecular formula is C14H13BrClFN2O. The van der Waals surface area contributed by atoms with E-state index in [1.165, 1.54) is 7.11 Å². The van der Waals surface area contributed by atoms with E-state index in [1.807, 2.05) is 6.07 Å². The zero-order valence-corrected chi connectivity index (χ0v) is 13.0. The van der Waals surface area contributed by atoms with Crippen LogP contribution >= 0.6 is 27.5 Å². The van der Waals surface area contributed by atoms with Gasteiger partial charge in [-0.25, -0.2) is 9.82 Å². The molecule has 0 heterocycles. The molecule has 0 aliphatic heterocycles. The molecule has 1 atom stereocenters. The fourth-order valence-electron chi connectivity index (χ4n) is 1.99. The minimum atomic E-state index is -0.564. The Bertz CT molecular complexity index is 624. The van der Waals surface area contributed by atoms with Gasteiger partial charge in [-0.3, -0.25) is 5.84 Å². The van der Waals surface area contributed by atoms with Gasteiger partial charge >= 0.3 is 0 Å². The minimum absolute atomic E-state index is 0.163. The molecule has 0 spiro atoms. The van der Waals surface area contributed by atoms with Gasteiger partial charge in [0.25, 0.3) is 0 Å². The van der Waals surface area contributed by atoms with E-state index in [-0.39, 0.29) is 5.75 Å². The molecule has 2 rings (SSSR count). The molecule has 0 fully saturated rings. The Labute approximate surface area is 130 Å². The highest BCUT2D eigenvalue weighted by molar-refractivity contribution is 9.10. The van der Waals surface area contributed by atoms with Crippen molar-refractivity contribution in [2.75, 3.05) is 7.11 Å². The summed E-state index contributed by atoms with van der Waals surface area (Å²) in [5.41, 5.74) is 3.65. The van der Waals surface area contributed by atoms with E-state index in [0.29, 0.717) is 16.1 Å². The molecule has 0 aliphatic rings. The number of hydrazine groups is 1. The van der Waals surface area contributed by atoms with Gasteiger partial charge in [0.1, 0.15) is 0 Å². The zero-order valence-electron chi connectivity index (χ0n) is 10.7. The number of nitrogens with two attached hydrogens (primary N) is 1. The van der Waals surface area contributed by atoms with E-state index in [4.69, 9.17) is 22.2 Å². The number of methoxy groups -OCH3 is 1. The van der Waals surface area contributed by atoms with Gasteiger partial charge in [-0.1, -0.05) is 45.7 Å². The molecule has 0 saturated carbocycles. The van der Waals surface area contributed by atoms with Gasteiger partial charge in [0.05, 0.1) is 13.2 Å². The average Bonchev–Trinajstić information content (AvgIpc) is 2.43. The van der Waals surface area contributed by atoms with Gasteiger partial charge in [-0.15, -0.1) is 0 Å². The first kappa shape index (κ1) is 15.3. The summed E-state index contributed by atoms with van der Waals surface area (Å²) in [5.74, 6) is 5.28. The van der Waals surface area contributed by atoms with E-state index in [0.717, 1.165) is 4.47 Å². The van der Waals surface area contributed by atoms with Crippen LogP contribution in [0, 0.1) is 5.82 Å². The molecular weight excluding hydrogens is 347 g/mol. The lowest BCUT2D eigenvalue weighted by Crippen LogP contribution is -2.29.